The Balaban J connectivity index is 2.23. The summed E-state index contributed by atoms with van der Waals surface area (Å²) < 4.78 is 31.0. The number of benzene rings is 2. The van der Waals surface area contributed by atoms with Gasteiger partial charge in [-0.25, -0.2) is 9.80 Å². The summed E-state index contributed by atoms with van der Waals surface area (Å²) in [7, 11) is 0. The first kappa shape index (κ1) is 19.0. The van der Waals surface area contributed by atoms with Crippen LogP contribution in [0.1, 0.15) is 33.4 Å². The zero-order chi connectivity index (χ0) is 20.3. The van der Waals surface area contributed by atoms with Crippen molar-refractivity contribution in [2.75, 3.05) is 9.80 Å². The van der Waals surface area contributed by atoms with Gasteiger partial charge in [-0.3, -0.25) is 9.59 Å². The second-order valence-corrected chi connectivity index (χ2v) is 7.29. The van der Waals surface area contributed by atoms with Gasteiger partial charge in [-0.2, -0.15) is 8.78 Å². The third kappa shape index (κ3) is 2.80. The summed E-state index contributed by atoms with van der Waals surface area (Å²) in [5.74, 6) is -2.45. The highest BCUT2D eigenvalue weighted by molar-refractivity contribution is 6.48. The Morgan fingerprint density at radius 2 is 0.889 bits per heavy atom. The molecule has 1 heterocycles. The Labute approximate surface area is 157 Å². The minimum Gasteiger partial charge on any atom is -0.263 e. The van der Waals surface area contributed by atoms with Gasteiger partial charge in [0.05, 0.1) is 11.4 Å². The van der Waals surface area contributed by atoms with Gasteiger partial charge >= 0.3 is 18.0 Å². The highest BCUT2D eigenvalue weighted by Gasteiger charge is 2.61. The van der Waals surface area contributed by atoms with E-state index < -0.39 is 18.0 Å². The summed E-state index contributed by atoms with van der Waals surface area (Å²) in [6.45, 7) is 10.3. The molecule has 0 saturated carbocycles. The van der Waals surface area contributed by atoms with Gasteiger partial charge in [-0.05, 0) is 63.8 Å². The molecular formula is C21H22F2N2O2. The fraction of sp³-hybridized carbons (Fsp3) is 0.333. The number of nitrogens with zero attached hydrogens (tertiary/aromatic N) is 2. The average Bonchev–Trinajstić information content (AvgIpc) is 2.67. The smallest absolute Gasteiger partial charge is 0.263 e. The highest BCUT2D eigenvalue weighted by Crippen LogP contribution is 2.44. The molecule has 1 aliphatic rings. The van der Waals surface area contributed by atoms with Crippen LogP contribution in [0.2, 0.25) is 0 Å². The van der Waals surface area contributed by atoms with Crippen molar-refractivity contribution >= 4 is 23.2 Å². The Kier molecular flexibility index (Phi) is 4.33. The zero-order valence-corrected chi connectivity index (χ0v) is 16.3. The summed E-state index contributed by atoms with van der Waals surface area (Å²) in [6, 6.07) is 6.89. The van der Waals surface area contributed by atoms with Gasteiger partial charge < -0.3 is 0 Å². The lowest BCUT2D eigenvalue weighted by Gasteiger charge is -2.32. The summed E-state index contributed by atoms with van der Waals surface area (Å²) in [4.78, 5) is 25.9. The van der Waals surface area contributed by atoms with E-state index in [2.05, 4.69) is 0 Å². The van der Waals surface area contributed by atoms with E-state index in [0.717, 1.165) is 11.1 Å². The number of carbonyl (C=O) groups is 2. The van der Waals surface area contributed by atoms with Crippen LogP contribution >= 0.6 is 0 Å². The lowest BCUT2D eigenvalue weighted by Crippen LogP contribution is -2.48. The Hall–Kier alpha value is -2.76. The van der Waals surface area contributed by atoms with Crippen LogP contribution in [0.25, 0.3) is 0 Å². The largest absolute Gasteiger partial charge is 0.427 e. The van der Waals surface area contributed by atoms with Crippen LogP contribution in [0.5, 0.6) is 0 Å². The van der Waals surface area contributed by atoms with Gasteiger partial charge in [0.1, 0.15) is 0 Å². The molecule has 0 radical (unpaired) electrons. The first-order valence-electron chi connectivity index (χ1n) is 8.69. The van der Waals surface area contributed by atoms with Gasteiger partial charge in [0, 0.05) is 0 Å². The van der Waals surface area contributed by atoms with Crippen LogP contribution in [-0.2, 0) is 9.59 Å². The predicted molar refractivity (Wildman–Crippen MR) is 101 cm³/mol. The van der Waals surface area contributed by atoms with E-state index in [1.807, 2.05) is 13.8 Å². The molecule has 0 unspecified atom stereocenters. The van der Waals surface area contributed by atoms with Crippen molar-refractivity contribution in [2.45, 2.75) is 47.7 Å². The van der Waals surface area contributed by atoms with E-state index in [0.29, 0.717) is 32.1 Å². The molecule has 3 rings (SSSR count). The van der Waals surface area contributed by atoms with Gasteiger partial charge in [0.2, 0.25) is 0 Å². The predicted octanol–water partition coefficient (Wildman–Crippen LogP) is 4.47. The van der Waals surface area contributed by atoms with E-state index in [9.17, 15) is 9.59 Å². The van der Waals surface area contributed by atoms with Crippen molar-refractivity contribution in [3.8, 4) is 0 Å². The maximum Gasteiger partial charge on any atom is 0.427 e. The van der Waals surface area contributed by atoms with Crippen molar-refractivity contribution in [1.29, 1.82) is 0 Å². The highest BCUT2D eigenvalue weighted by atomic mass is 19.3. The number of carbonyl (C=O) groups excluding carboxylic acids is 2. The number of halogens is 2. The van der Waals surface area contributed by atoms with Crippen LogP contribution in [0.3, 0.4) is 0 Å². The molecule has 0 spiro atoms. The Morgan fingerprint density at radius 1 is 0.630 bits per heavy atom. The SMILES string of the molecule is Cc1cc(C)c(N2C(=O)C(=O)N(c3c(C)cc(C)cc3C)C2(F)F)c(C)c1. The van der Waals surface area contributed by atoms with Crippen LogP contribution < -0.4 is 9.80 Å². The average molecular weight is 372 g/mol. The molecule has 2 aromatic rings. The molecule has 0 N–H and O–H groups in total. The molecular weight excluding hydrogens is 350 g/mol. The van der Waals surface area contributed by atoms with Gasteiger partial charge in [-0.15, -0.1) is 0 Å². The second-order valence-electron chi connectivity index (χ2n) is 7.29. The van der Waals surface area contributed by atoms with Crippen LogP contribution in [0, 0.1) is 41.5 Å². The van der Waals surface area contributed by atoms with Gasteiger partial charge in [-0.1, -0.05) is 35.4 Å². The molecule has 4 nitrogen and oxygen atoms in total. The van der Waals surface area contributed by atoms with Crippen molar-refractivity contribution in [1.82, 2.24) is 0 Å². The molecule has 142 valence electrons. The monoisotopic (exact) mass is 372 g/mol. The molecule has 0 aromatic heterocycles. The van der Waals surface area contributed by atoms with Crippen molar-refractivity contribution < 1.29 is 18.4 Å². The summed E-state index contributed by atoms with van der Waals surface area (Å²) >= 11 is 0. The molecule has 27 heavy (non-hydrogen) atoms. The molecule has 0 atom stereocenters. The van der Waals surface area contributed by atoms with E-state index in [-0.39, 0.29) is 11.4 Å². The lowest BCUT2D eigenvalue weighted by atomic mass is 10.0. The summed E-state index contributed by atoms with van der Waals surface area (Å²) in [5.41, 5.74) is 4.04. The van der Waals surface area contributed by atoms with Crippen molar-refractivity contribution in [3.05, 3.63) is 57.6 Å². The van der Waals surface area contributed by atoms with E-state index in [4.69, 9.17) is 0 Å². The molecule has 2 aromatic carbocycles. The maximum absolute atomic E-state index is 15.5. The normalized spacial score (nSPS) is 16.4. The fourth-order valence-corrected chi connectivity index (χ4v) is 4.06. The molecule has 1 saturated heterocycles. The second kappa shape index (κ2) is 6.15. The van der Waals surface area contributed by atoms with Gasteiger partial charge in [0.25, 0.3) is 0 Å². The first-order valence-corrected chi connectivity index (χ1v) is 8.69. The minimum atomic E-state index is -3.80. The van der Waals surface area contributed by atoms with Crippen LogP contribution in [0.15, 0.2) is 24.3 Å². The number of hydrogen-bond donors (Lipinski definition) is 0. The van der Waals surface area contributed by atoms with Crippen LogP contribution in [-0.4, -0.2) is 18.0 Å². The molecule has 2 amide bonds. The van der Waals surface area contributed by atoms with Crippen molar-refractivity contribution in [2.24, 2.45) is 0 Å². The number of hydrogen-bond acceptors (Lipinski definition) is 2. The van der Waals surface area contributed by atoms with Crippen LogP contribution in [0.4, 0.5) is 20.2 Å². The molecule has 0 aliphatic carbocycles. The Morgan fingerprint density at radius 3 is 1.15 bits per heavy atom. The quantitative estimate of drug-likeness (QED) is 0.577. The summed E-state index contributed by atoms with van der Waals surface area (Å²) in [6.07, 6.45) is -3.80. The van der Waals surface area contributed by atoms with E-state index in [1.165, 1.54) is 0 Å². The number of amides is 2. The molecule has 1 aliphatic heterocycles. The molecule has 1 fully saturated rings. The maximum atomic E-state index is 15.5. The lowest BCUT2D eigenvalue weighted by molar-refractivity contribution is -0.133. The standard InChI is InChI=1S/C21H22F2N2O2/c1-11-7-13(3)17(14(4)8-11)24-19(26)20(27)25(21(24,22)23)18-15(5)9-12(2)10-16(18)6/h7-10H,1-6H3. The molecule has 0 bridgehead atoms. The number of alkyl halides is 2. The zero-order valence-electron chi connectivity index (χ0n) is 16.3. The minimum absolute atomic E-state index is 0.0777. The topological polar surface area (TPSA) is 40.6 Å². The first-order chi connectivity index (χ1) is 12.5. The van der Waals surface area contributed by atoms with Crippen molar-refractivity contribution in [3.63, 3.8) is 0 Å². The summed E-state index contributed by atoms with van der Waals surface area (Å²) in [5, 5.41) is 0. The fourth-order valence-electron chi connectivity index (χ4n) is 4.06. The van der Waals surface area contributed by atoms with Gasteiger partial charge in [0.15, 0.2) is 0 Å². The Bertz CT molecular complexity index is 859. The number of aryl methyl sites for hydroxylation is 6. The molecule has 6 heteroatoms. The third-order valence-corrected chi connectivity index (χ3v) is 4.85. The number of anilines is 2. The number of rotatable bonds is 2. The van der Waals surface area contributed by atoms with E-state index in [1.54, 1.807) is 52.0 Å². The van der Waals surface area contributed by atoms with E-state index >= 15 is 8.78 Å². The third-order valence-electron chi connectivity index (χ3n) is 4.85.